The lowest BCUT2D eigenvalue weighted by Gasteiger charge is -2.26. The van der Waals surface area contributed by atoms with Crippen molar-refractivity contribution in [2.75, 3.05) is 27.2 Å². The third kappa shape index (κ3) is 6.14. The molecule has 6 heteroatoms. The first-order valence-electron chi connectivity index (χ1n) is 8.81. The van der Waals surface area contributed by atoms with Crippen molar-refractivity contribution < 1.29 is 0 Å². The van der Waals surface area contributed by atoms with E-state index in [0.29, 0.717) is 6.54 Å². The minimum absolute atomic E-state index is 0.289. The van der Waals surface area contributed by atoms with Crippen LogP contribution in [0.5, 0.6) is 0 Å². The van der Waals surface area contributed by atoms with Gasteiger partial charge < -0.3 is 15.5 Å². The van der Waals surface area contributed by atoms with Crippen molar-refractivity contribution in [2.45, 2.75) is 32.9 Å². The van der Waals surface area contributed by atoms with Crippen LogP contribution in [-0.2, 0) is 13.0 Å². The molecule has 0 fully saturated rings. The largest absolute Gasteiger partial charge is 0.357 e. The van der Waals surface area contributed by atoms with Crippen LogP contribution < -0.4 is 10.6 Å². The Hall–Kier alpha value is -1.92. The van der Waals surface area contributed by atoms with Crippen LogP contribution in [0.15, 0.2) is 41.5 Å². The van der Waals surface area contributed by atoms with Gasteiger partial charge in [0.15, 0.2) is 5.96 Å². The third-order valence-corrected chi connectivity index (χ3v) is 5.06. The van der Waals surface area contributed by atoms with Crippen LogP contribution in [0, 0.1) is 0 Å². The predicted molar refractivity (Wildman–Crippen MR) is 107 cm³/mol. The van der Waals surface area contributed by atoms with Gasteiger partial charge in [0.1, 0.15) is 5.01 Å². The van der Waals surface area contributed by atoms with Crippen LogP contribution in [-0.4, -0.2) is 43.0 Å². The topological polar surface area (TPSA) is 52.6 Å². The van der Waals surface area contributed by atoms with Crippen molar-refractivity contribution >= 4 is 17.3 Å². The Morgan fingerprint density at radius 2 is 1.96 bits per heavy atom. The molecular weight excluding hydrogens is 330 g/mol. The molecule has 1 unspecified atom stereocenters. The van der Waals surface area contributed by atoms with Gasteiger partial charge in [-0.2, -0.15) is 0 Å². The smallest absolute Gasteiger partial charge is 0.191 e. The summed E-state index contributed by atoms with van der Waals surface area (Å²) in [5.41, 5.74) is 1.29. The molecule has 1 aromatic carbocycles. The first-order chi connectivity index (χ1) is 12.1. The molecule has 0 aliphatic rings. The average Bonchev–Trinajstić information content (AvgIpc) is 3.08. The van der Waals surface area contributed by atoms with E-state index >= 15 is 0 Å². The predicted octanol–water partition coefficient (Wildman–Crippen LogP) is 3.06. The van der Waals surface area contributed by atoms with E-state index in [2.05, 4.69) is 77.7 Å². The molecular formula is C19H29N5S. The van der Waals surface area contributed by atoms with E-state index in [1.54, 1.807) is 11.3 Å². The molecule has 0 radical (unpaired) electrons. The van der Waals surface area contributed by atoms with Crippen molar-refractivity contribution in [1.29, 1.82) is 0 Å². The summed E-state index contributed by atoms with van der Waals surface area (Å²) in [7, 11) is 4.20. The van der Waals surface area contributed by atoms with Gasteiger partial charge in [0.2, 0.25) is 0 Å². The molecule has 0 aliphatic heterocycles. The summed E-state index contributed by atoms with van der Waals surface area (Å²) in [6.07, 6.45) is 2.98. The zero-order chi connectivity index (χ0) is 18.1. The van der Waals surface area contributed by atoms with Crippen molar-refractivity contribution in [1.82, 2.24) is 20.5 Å². The molecule has 1 heterocycles. The molecule has 0 spiro atoms. The number of hydrogen-bond acceptors (Lipinski definition) is 4. The number of benzene rings is 1. The minimum atomic E-state index is 0.289. The van der Waals surface area contributed by atoms with Crippen LogP contribution >= 0.6 is 11.3 Å². The minimum Gasteiger partial charge on any atom is -0.357 e. The lowest BCUT2D eigenvalue weighted by atomic mass is 10.1. The zero-order valence-corrected chi connectivity index (χ0v) is 16.4. The standard InChI is InChI=1S/C19H29N5S/c1-5-16-12-21-18(25-16)14-23-19(20-6-2)22-13-17(24(3)4)15-10-8-7-9-11-15/h7-12,17H,5-6,13-14H2,1-4H3,(H2,20,22,23). The Balaban J connectivity index is 2.00. The zero-order valence-electron chi connectivity index (χ0n) is 15.6. The van der Waals surface area contributed by atoms with E-state index < -0.39 is 0 Å². The van der Waals surface area contributed by atoms with Gasteiger partial charge >= 0.3 is 0 Å². The summed E-state index contributed by atoms with van der Waals surface area (Å²) in [6, 6.07) is 10.8. The normalized spacial score (nSPS) is 13.1. The summed E-state index contributed by atoms with van der Waals surface area (Å²) in [5, 5.41) is 7.84. The summed E-state index contributed by atoms with van der Waals surface area (Å²) in [4.78, 5) is 12.6. The van der Waals surface area contributed by atoms with Gasteiger partial charge in [-0.15, -0.1) is 11.3 Å². The SMILES string of the molecule is CCNC(=NCc1ncc(CC)s1)NCC(c1ccccc1)N(C)C. The van der Waals surface area contributed by atoms with E-state index in [-0.39, 0.29) is 6.04 Å². The highest BCUT2D eigenvalue weighted by Gasteiger charge is 2.14. The molecule has 0 bridgehead atoms. The van der Waals surface area contributed by atoms with E-state index in [0.717, 1.165) is 30.5 Å². The summed E-state index contributed by atoms with van der Waals surface area (Å²) in [5.74, 6) is 0.832. The fourth-order valence-corrected chi connectivity index (χ4v) is 3.33. The molecule has 0 saturated heterocycles. The number of guanidine groups is 1. The maximum Gasteiger partial charge on any atom is 0.191 e. The average molecular weight is 360 g/mol. The number of aryl methyl sites for hydroxylation is 1. The van der Waals surface area contributed by atoms with Crippen LogP contribution in [0.2, 0.25) is 0 Å². The van der Waals surface area contributed by atoms with Crippen LogP contribution in [0.4, 0.5) is 0 Å². The number of aliphatic imine (C=N–C) groups is 1. The number of thiazole rings is 1. The van der Waals surface area contributed by atoms with Crippen LogP contribution in [0.3, 0.4) is 0 Å². The first kappa shape index (κ1) is 19.4. The number of likely N-dealkylation sites (N-methyl/N-ethyl adjacent to an activating group) is 1. The van der Waals surface area contributed by atoms with Crippen molar-refractivity contribution in [3.63, 3.8) is 0 Å². The number of aromatic nitrogens is 1. The summed E-state index contributed by atoms with van der Waals surface area (Å²) in [6.45, 7) is 6.47. The molecule has 5 nitrogen and oxygen atoms in total. The van der Waals surface area contributed by atoms with E-state index in [9.17, 15) is 0 Å². The van der Waals surface area contributed by atoms with E-state index in [4.69, 9.17) is 0 Å². The van der Waals surface area contributed by atoms with Gasteiger partial charge in [-0.1, -0.05) is 37.3 Å². The number of nitrogens with one attached hydrogen (secondary N) is 2. The molecule has 25 heavy (non-hydrogen) atoms. The fraction of sp³-hybridized carbons (Fsp3) is 0.474. The highest BCUT2D eigenvalue weighted by molar-refractivity contribution is 7.11. The van der Waals surface area contributed by atoms with E-state index in [1.165, 1.54) is 10.4 Å². The van der Waals surface area contributed by atoms with Gasteiger partial charge in [-0.25, -0.2) is 9.98 Å². The number of hydrogen-bond donors (Lipinski definition) is 2. The van der Waals surface area contributed by atoms with Gasteiger partial charge in [-0.05, 0) is 33.0 Å². The maximum absolute atomic E-state index is 4.68. The molecule has 2 aromatic rings. The Morgan fingerprint density at radius 1 is 1.20 bits per heavy atom. The summed E-state index contributed by atoms with van der Waals surface area (Å²) >= 11 is 1.74. The summed E-state index contributed by atoms with van der Waals surface area (Å²) < 4.78 is 0. The molecule has 2 rings (SSSR count). The van der Waals surface area contributed by atoms with Gasteiger partial charge in [0, 0.05) is 24.2 Å². The molecule has 2 N–H and O–H groups in total. The highest BCUT2D eigenvalue weighted by atomic mass is 32.1. The second kappa shape index (κ2) is 10.2. The Morgan fingerprint density at radius 3 is 2.56 bits per heavy atom. The third-order valence-electron chi connectivity index (χ3n) is 3.94. The quantitative estimate of drug-likeness (QED) is 0.562. The van der Waals surface area contributed by atoms with Crippen LogP contribution in [0.25, 0.3) is 0 Å². The lowest BCUT2D eigenvalue weighted by molar-refractivity contribution is 0.298. The Bertz CT molecular complexity index is 651. The Labute approximate surface area is 155 Å². The fourth-order valence-electron chi connectivity index (χ4n) is 2.54. The second-order valence-electron chi connectivity index (χ2n) is 6.04. The molecule has 0 aliphatic carbocycles. The first-order valence-corrected chi connectivity index (χ1v) is 9.62. The van der Waals surface area contributed by atoms with Crippen molar-refractivity contribution in [3.05, 3.63) is 52.0 Å². The molecule has 136 valence electrons. The molecule has 1 aromatic heterocycles. The second-order valence-corrected chi connectivity index (χ2v) is 7.24. The van der Waals surface area contributed by atoms with Gasteiger partial charge in [0.25, 0.3) is 0 Å². The maximum atomic E-state index is 4.68. The van der Waals surface area contributed by atoms with Crippen LogP contribution in [0.1, 0.15) is 35.3 Å². The van der Waals surface area contributed by atoms with E-state index in [1.807, 2.05) is 12.3 Å². The van der Waals surface area contributed by atoms with Gasteiger partial charge in [0.05, 0.1) is 12.6 Å². The Kier molecular flexibility index (Phi) is 7.88. The lowest BCUT2D eigenvalue weighted by Crippen LogP contribution is -2.41. The number of rotatable bonds is 8. The molecule has 0 saturated carbocycles. The van der Waals surface area contributed by atoms with Crippen molar-refractivity contribution in [2.24, 2.45) is 4.99 Å². The van der Waals surface area contributed by atoms with Gasteiger partial charge in [-0.3, -0.25) is 0 Å². The van der Waals surface area contributed by atoms with Crippen molar-refractivity contribution in [3.8, 4) is 0 Å². The monoisotopic (exact) mass is 359 g/mol. The molecule has 0 amide bonds. The molecule has 1 atom stereocenters. The highest BCUT2D eigenvalue weighted by Crippen LogP contribution is 2.17. The number of nitrogens with zero attached hydrogens (tertiary/aromatic N) is 3.